The molecule has 3 nitrogen and oxygen atoms in total. The predicted molar refractivity (Wildman–Crippen MR) is 94.4 cm³/mol. The predicted octanol–water partition coefficient (Wildman–Crippen LogP) is 4.88. The Bertz CT molecular complexity index is 924. The summed E-state index contributed by atoms with van der Waals surface area (Å²) in [7, 11) is 0. The Morgan fingerprint density at radius 2 is 1.67 bits per heavy atom. The second-order valence-electron chi connectivity index (χ2n) is 5.60. The van der Waals surface area contributed by atoms with Crippen LogP contribution in [0.1, 0.15) is 17.2 Å². The van der Waals surface area contributed by atoms with Crippen molar-refractivity contribution in [1.29, 1.82) is 10.5 Å². The molecular formula is C20H14ClN3. The van der Waals surface area contributed by atoms with Gasteiger partial charge < -0.3 is 0 Å². The van der Waals surface area contributed by atoms with Gasteiger partial charge in [-0.1, -0.05) is 54.1 Å². The molecule has 3 aromatic rings. The maximum atomic E-state index is 9.33. The standard InChI is InChI=1S/C20H14ClN3/c21-17-8-6-15-7-9-18(24-20(15)10-17)11-19(16(12-22)13-23)14-4-2-1-3-5-14/h1-10,16,19H,11H2. The van der Waals surface area contributed by atoms with Crippen LogP contribution in [0.5, 0.6) is 0 Å². The van der Waals surface area contributed by atoms with Crippen LogP contribution < -0.4 is 0 Å². The number of aromatic nitrogens is 1. The molecule has 4 heteroatoms. The Morgan fingerprint density at radius 1 is 0.958 bits per heavy atom. The van der Waals surface area contributed by atoms with Crippen molar-refractivity contribution in [2.75, 3.05) is 0 Å². The van der Waals surface area contributed by atoms with Crippen LogP contribution in [0.25, 0.3) is 10.9 Å². The van der Waals surface area contributed by atoms with E-state index < -0.39 is 5.92 Å². The lowest BCUT2D eigenvalue weighted by Gasteiger charge is -2.18. The summed E-state index contributed by atoms with van der Waals surface area (Å²) >= 11 is 6.04. The Kier molecular flexibility index (Phi) is 4.75. The number of benzene rings is 2. The molecule has 1 atom stereocenters. The van der Waals surface area contributed by atoms with Gasteiger partial charge >= 0.3 is 0 Å². The number of nitrogens with zero attached hydrogens (tertiary/aromatic N) is 3. The van der Waals surface area contributed by atoms with Crippen molar-refractivity contribution in [3.8, 4) is 12.1 Å². The zero-order valence-corrected chi connectivity index (χ0v) is 13.6. The van der Waals surface area contributed by atoms with Gasteiger partial charge in [-0.3, -0.25) is 4.98 Å². The molecule has 3 rings (SSSR count). The van der Waals surface area contributed by atoms with E-state index >= 15 is 0 Å². The molecule has 2 aromatic carbocycles. The summed E-state index contributed by atoms with van der Waals surface area (Å²) in [4.78, 5) is 4.65. The third-order valence-corrected chi connectivity index (χ3v) is 4.28. The average molecular weight is 332 g/mol. The van der Waals surface area contributed by atoms with Gasteiger partial charge in [-0.2, -0.15) is 10.5 Å². The molecule has 0 aliphatic rings. The minimum absolute atomic E-state index is 0.217. The molecule has 24 heavy (non-hydrogen) atoms. The second-order valence-corrected chi connectivity index (χ2v) is 6.03. The molecule has 0 saturated heterocycles. The molecular weight excluding hydrogens is 318 g/mol. The number of pyridine rings is 1. The third-order valence-electron chi connectivity index (χ3n) is 4.05. The van der Waals surface area contributed by atoms with E-state index in [1.807, 2.05) is 60.7 Å². The fraction of sp³-hybridized carbons (Fsp3) is 0.150. The van der Waals surface area contributed by atoms with Gasteiger partial charge in [0.15, 0.2) is 0 Å². The fourth-order valence-electron chi connectivity index (χ4n) is 2.81. The Labute approximate surface area is 145 Å². The quantitative estimate of drug-likeness (QED) is 0.684. The van der Waals surface area contributed by atoms with Gasteiger partial charge in [0, 0.05) is 22.0 Å². The van der Waals surface area contributed by atoms with Crippen LogP contribution in [0.3, 0.4) is 0 Å². The number of rotatable bonds is 4. The molecule has 0 spiro atoms. The summed E-state index contributed by atoms with van der Waals surface area (Å²) < 4.78 is 0. The number of nitriles is 2. The molecule has 0 radical (unpaired) electrons. The van der Waals surface area contributed by atoms with Crippen LogP contribution in [0.4, 0.5) is 0 Å². The number of hydrogen-bond donors (Lipinski definition) is 0. The van der Waals surface area contributed by atoms with Crippen molar-refractivity contribution >= 4 is 22.5 Å². The van der Waals surface area contributed by atoms with Crippen LogP contribution in [-0.4, -0.2) is 4.98 Å². The van der Waals surface area contributed by atoms with Crippen LogP contribution in [0.15, 0.2) is 60.7 Å². The molecule has 0 aliphatic carbocycles. The molecule has 116 valence electrons. The van der Waals surface area contributed by atoms with E-state index in [2.05, 4.69) is 17.1 Å². The van der Waals surface area contributed by atoms with E-state index in [0.717, 1.165) is 22.2 Å². The minimum Gasteiger partial charge on any atom is -0.253 e. The Morgan fingerprint density at radius 3 is 2.38 bits per heavy atom. The van der Waals surface area contributed by atoms with Gasteiger partial charge in [0.1, 0.15) is 5.92 Å². The highest BCUT2D eigenvalue weighted by atomic mass is 35.5. The van der Waals surface area contributed by atoms with Gasteiger partial charge in [-0.05, 0) is 30.2 Å². The molecule has 1 aromatic heterocycles. The largest absolute Gasteiger partial charge is 0.253 e. The maximum absolute atomic E-state index is 9.33. The topological polar surface area (TPSA) is 60.5 Å². The van der Waals surface area contributed by atoms with Crippen LogP contribution >= 0.6 is 11.6 Å². The summed E-state index contributed by atoms with van der Waals surface area (Å²) in [6, 6.07) is 23.4. The highest BCUT2D eigenvalue weighted by Gasteiger charge is 2.23. The lowest BCUT2D eigenvalue weighted by atomic mass is 9.84. The van der Waals surface area contributed by atoms with Gasteiger partial charge in [0.05, 0.1) is 17.7 Å². The zero-order valence-electron chi connectivity index (χ0n) is 12.9. The molecule has 0 aliphatic heterocycles. The first-order chi connectivity index (χ1) is 11.7. The second kappa shape index (κ2) is 7.13. The molecule has 1 heterocycles. The normalized spacial score (nSPS) is 11.8. The third kappa shape index (κ3) is 3.38. The smallest absolute Gasteiger partial charge is 0.140 e. The Hall–Kier alpha value is -2.88. The number of halogens is 1. The highest BCUT2D eigenvalue weighted by molar-refractivity contribution is 6.31. The maximum Gasteiger partial charge on any atom is 0.140 e. The monoisotopic (exact) mass is 331 g/mol. The summed E-state index contributed by atoms with van der Waals surface area (Å²) in [5, 5.41) is 20.3. The molecule has 0 saturated carbocycles. The lowest BCUT2D eigenvalue weighted by molar-refractivity contribution is 0.601. The van der Waals surface area contributed by atoms with Crippen LogP contribution in [0, 0.1) is 28.6 Å². The van der Waals surface area contributed by atoms with E-state index in [-0.39, 0.29) is 5.92 Å². The summed E-state index contributed by atoms with van der Waals surface area (Å²) in [6.45, 7) is 0. The minimum atomic E-state index is -0.718. The van der Waals surface area contributed by atoms with Gasteiger partial charge in [-0.15, -0.1) is 0 Å². The lowest BCUT2D eigenvalue weighted by Crippen LogP contribution is -2.13. The number of hydrogen-bond acceptors (Lipinski definition) is 3. The SMILES string of the molecule is N#CC(C#N)C(Cc1ccc2ccc(Cl)cc2n1)c1ccccc1. The van der Waals surface area contributed by atoms with Crippen molar-refractivity contribution in [1.82, 2.24) is 4.98 Å². The molecule has 0 amide bonds. The summed E-state index contributed by atoms with van der Waals surface area (Å²) in [5.74, 6) is -0.936. The van der Waals surface area contributed by atoms with Gasteiger partial charge in [0.2, 0.25) is 0 Å². The highest BCUT2D eigenvalue weighted by Crippen LogP contribution is 2.28. The van der Waals surface area contributed by atoms with Gasteiger partial charge in [0.25, 0.3) is 0 Å². The van der Waals surface area contributed by atoms with E-state index in [1.54, 1.807) is 0 Å². The van der Waals surface area contributed by atoms with Crippen molar-refractivity contribution in [3.63, 3.8) is 0 Å². The molecule has 0 N–H and O–H groups in total. The van der Waals surface area contributed by atoms with Crippen LogP contribution in [0.2, 0.25) is 5.02 Å². The van der Waals surface area contributed by atoms with E-state index in [1.165, 1.54) is 0 Å². The summed E-state index contributed by atoms with van der Waals surface area (Å²) in [5.41, 5.74) is 2.63. The Balaban J connectivity index is 1.98. The van der Waals surface area contributed by atoms with E-state index in [4.69, 9.17) is 11.6 Å². The molecule has 0 bridgehead atoms. The number of fused-ring (bicyclic) bond motifs is 1. The van der Waals surface area contributed by atoms with E-state index in [9.17, 15) is 10.5 Å². The van der Waals surface area contributed by atoms with Crippen molar-refractivity contribution in [3.05, 3.63) is 76.9 Å². The molecule has 1 unspecified atom stereocenters. The van der Waals surface area contributed by atoms with Crippen molar-refractivity contribution in [2.45, 2.75) is 12.3 Å². The van der Waals surface area contributed by atoms with Gasteiger partial charge in [-0.25, -0.2) is 0 Å². The van der Waals surface area contributed by atoms with E-state index in [0.29, 0.717) is 11.4 Å². The fourth-order valence-corrected chi connectivity index (χ4v) is 2.98. The first kappa shape index (κ1) is 16.0. The van der Waals surface area contributed by atoms with Crippen molar-refractivity contribution in [2.24, 2.45) is 5.92 Å². The van der Waals surface area contributed by atoms with Crippen LogP contribution in [-0.2, 0) is 6.42 Å². The average Bonchev–Trinajstić information content (AvgIpc) is 2.62. The molecule has 0 fully saturated rings. The summed E-state index contributed by atoms with van der Waals surface area (Å²) in [6.07, 6.45) is 0.526. The van der Waals surface area contributed by atoms with Crippen molar-refractivity contribution < 1.29 is 0 Å². The first-order valence-electron chi connectivity index (χ1n) is 7.60. The first-order valence-corrected chi connectivity index (χ1v) is 7.98. The zero-order chi connectivity index (χ0) is 16.9.